The zero-order chi connectivity index (χ0) is 86.0. The van der Waals surface area contributed by atoms with Gasteiger partial charge in [-0.2, -0.15) is 0 Å². The van der Waals surface area contributed by atoms with E-state index < -0.39 is 22.8 Å². The van der Waals surface area contributed by atoms with Gasteiger partial charge >= 0.3 is 41.8 Å². The van der Waals surface area contributed by atoms with E-state index in [1.54, 1.807) is 6.92 Å². The summed E-state index contributed by atoms with van der Waals surface area (Å²) in [5, 5.41) is 0. The van der Waals surface area contributed by atoms with Crippen LogP contribution in [0.25, 0.3) is 0 Å². The monoisotopic (exact) mass is 1580 g/mol. The van der Waals surface area contributed by atoms with Crippen LogP contribution in [0.2, 0.25) is 0 Å². The fourth-order valence-corrected chi connectivity index (χ4v) is 13.2. The Morgan fingerprint density at radius 2 is 0.632 bits per heavy atom. The van der Waals surface area contributed by atoms with Crippen molar-refractivity contribution in [2.45, 2.75) is 379 Å². The Balaban J connectivity index is 0.000000355. The van der Waals surface area contributed by atoms with Crippen LogP contribution in [0.5, 0.6) is 0 Å². The Labute approximate surface area is 690 Å². The van der Waals surface area contributed by atoms with Gasteiger partial charge in [-0.25, -0.2) is 28.8 Å². The van der Waals surface area contributed by atoms with Crippen molar-refractivity contribution < 1.29 is 66.7 Å². The zero-order valence-corrected chi connectivity index (χ0v) is 75.8. The van der Waals surface area contributed by atoms with Gasteiger partial charge in [-0.15, -0.1) is 0 Å². The molecule has 5 aromatic rings. The van der Waals surface area contributed by atoms with Gasteiger partial charge in [-0.3, -0.25) is 4.79 Å². The summed E-state index contributed by atoms with van der Waals surface area (Å²) >= 11 is 0. The summed E-state index contributed by atoms with van der Waals surface area (Å²) in [6.07, 6.45) is 22.1. The van der Waals surface area contributed by atoms with Crippen LogP contribution in [0.1, 0.15) is 425 Å². The first-order valence-corrected chi connectivity index (χ1v) is 43.4. The van der Waals surface area contributed by atoms with Crippen LogP contribution in [0.3, 0.4) is 0 Å². The second-order valence-electron chi connectivity index (χ2n) is 36.2. The van der Waals surface area contributed by atoms with Crippen LogP contribution in [0.4, 0.5) is 0 Å². The predicted octanol–water partition coefficient (Wildman–Crippen LogP) is 27.0. The maximum absolute atomic E-state index is 12.4. The number of hydrogen-bond acceptors (Lipinski definition) is 14. The second kappa shape index (κ2) is 48.2. The molecule has 3 aliphatic rings. The number of ether oxygens (including phenoxy) is 7. The van der Waals surface area contributed by atoms with Gasteiger partial charge < -0.3 is 33.2 Å². The van der Waals surface area contributed by atoms with Crippen molar-refractivity contribution >= 4 is 41.8 Å². The second-order valence-corrected chi connectivity index (χ2v) is 36.2. The third kappa shape index (κ3) is 35.1. The largest absolute Gasteiger partial charge is 0.457 e. The maximum Gasteiger partial charge on any atom is 0.344 e. The average molecular weight is 1580 g/mol. The molecule has 5 aromatic carbocycles. The third-order valence-electron chi connectivity index (χ3n) is 24.0. The molecule has 0 N–H and O–H groups in total. The van der Waals surface area contributed by atoms with E-state index in [1.165, 1.54) is 85.6 Å². The van der Waals surface area contributed by atoms with Crippen LogP contribution in [0, 0.1) is 23.7 Å². The lowest BCUT2D eigenvalue weighted by molar-refractivity contribution is -0.169. The highest BCUT2D eigenvalue weighted by Gasteiger charge is 2.38. The van der Waals surface area contributed by atoms with Gasteiger partial charge in [0.05, 0.1) is 33.7 Å². The highest BCUT2D eigenvalue weighted by molar-refractivity contribution is 5.92. The lowest BCUT2D eigenvalue weighted by Gasteiger charge is -2.36. The van der Waals surface area contributed by atoms with Crippen molar-refractivity contribution in [3.05, 3.63) is 177 Å². The zero-order valence-electron chi connectivity index (χ0n) is 75.8. The lowest BCUT2D eigenvalue weighted by Crippen LogP contribution is -2.37. The minimum atomic E-state index is -0.439. The molecule has 0 amide bonds. The number of carbonyl (C=O) groups is 7. The summed E-state index contributed by atoms with van der Waals surface area (Å²) in [7, 11) is 0. The molecule has 0 spiro atoms. The molecular weight excluding hydrogens is 1430 g/mol. The van der Waals surface area contributed by atoms with Gasteiger partial charge in [0, 0.05) is 0 Å². The first-order valence-electron chi connectivity index (χ1n) is 43.4. The predicted molar refractivity (Wildman–Crippen MR) is 466 cm³/mol. The van der Waals surface area contributed by atoms with E-state index in [1.807, 2.05) is 178 Å². The van der Waals surface area contributed by atoms with Crippen LogP contribution in [-0.4, -0.2) is 82.0 Å². The standard InChI is InChI=1S/C20H30O2.C19H28O2.C17H26O2.C16H24O2.C15H22O2.C13H22O4/c1-5-15(2)16-11-13-17(14-12-16)19(21)22-20(3,4)18-9-7-6-8-10-18;1-5-14(2)15-10-12-16(13-11-15)18(20)21-19(3,4)17-8-6-7-9-17;1-7-13(4)14-8-10-15(11-9-14)16(18)19-17(5,6)12(2)3;1-6-12(3)13-8-10-14(11-9-13)15(17)18-16(4,5)7-2;1-6-11(2)12-7-9-13(10-8-12)14(16)17-15(3,4)5;1-4-10(2)12(15)16-9-11(14)17-13(3)7-5-6-8-13/h11-15,18H,5-10H2,1-4H3;10-14,17H,5-9H2,1-4H3;8-13H,7H2,1-6H3;8-12H,6-7H2,1-5H3;7-11H,6H2,1-5H3;10H,4-9H2,1-3H3. The molecule has 0 aliphatic heterocycles. The Morgan fingerprint density at radius 3 is 0.895 bits per heavy atom. The molecule has 0 saturated heterocycles. The first-order chi connectivity index (χ1) is 53.3. The van der Waals surface area contributed by atoms with Gasteiger partial charge in [0.1, 0.15) is 33.6 Å². The summed E-state index contributed by atoms with van der Waals surface area (Å²) in [4.78, 5) is 83.5. The molecule has 3 saturated carbocycles. The lowest BCUT2D eigenvalue weighted by atomic mass is 9.79. The van der Waals surface area contributed by atoms with Gasteiger partial charge in [-0.1, -0.05) is 197 Å². The fourth-order valence-electron chi connectivity index (χ4n) is 13.2. The molecule has 14 nitrogen and oxygen atoms in total. The number of rotatable bonds is 28. The molecule has 636 valence electrons. The van der Waals surface area contributed by atoms with Crippen LogP contribution < -0.4 is 0 Å². The summed E-state index contributed by atoms with van der Waals surface area (Å²) in [5.41, 5.74) is 7.21. The average Bonchev–Trinajstić information content (AvgIpc) is 1.16. The van der Waals surface area contributed by atoms with Gasteiger partial charge in [-0.05, 0) is 315 Å². The summed E-state index contributed by atoms with van der Waals surface area (Å²) in [6, 6.07) is 39.0. The quantitative estimate of drug-likeness (QED) is 0.0340. The molecule has 6 unspecified atom stereocenters. The van der Waals surface area contributed by atoms with Crippen molar-refractivity contribution in [3.8, 4) is 0 Å². The highest BCUT2D eigenvalue weighted by atomic mass is 16.6. The molecule has 8 rings (SSSR count). The number of hydrogen-bond donors (Lipinski definition) is 0. The van der Waals surface area contributed by atoms with E-state index in [9.17, 15) is 33.6 Å². The van der Waals surface area contributed by atoms with Crippen molar-refractivity contribution in [1.29, 1.82) is 0 Å². The van der Waals surface area contributed by atoms with E-state index in [4.69, 9.17) is 33.2 Å². The number of benzene rings is 5. The first kappa shape index (κ1) is 101. The molecule has 6 atom stereocenters. The fraction of sp³-hybridized carbons (Fsp3) is 0.630. The number of esters is 7. The van der Waals surface area contributed by atoms with E-state index in [-0.39, 0.29) is 71.1 Å². The van der Waals surface area contributed by atoms with Crippen molar-refractivity contribution in [1.82, 2.24) is 0 Å². The molecule has 114 heavy (non-hydrogen) atoms. The summed E-state index contributed by atoms with van der Waals surface area (Å²) in [6.45, 7) is 54.9. The van der Waals surface area contributed by atoms with Crippen LogP contribution in [0.15, 0.2) is 121 Å². The number of carbonyl (C=O) groups excluding carboxylic acids is 7. The smallest absolute Gasteiger partial charge is 0.344 e. The van der Waals surface area contributed by atoms with E-state index >= 15 is 0 Å². The Morgan fingerprint density at radius 1 is 0.360 bits per heavy atom. The highest BCUT2D eigenvalue weighted by Crippen LogP contribution is 2.39. The topological polar surface area (TPSA) is 184 Å². The molecule has 0 radical (unpaired) electrons. The molecular formula is C100H152O14. The van der Waals surface area contributed by atoms with E-state index in [0.29, 0.717) is 75.7 Å². The third-order valence-corrected chi connectivity index (χ3v) is 24.0. The van der Waals surface area contributed by atoms with Crippen molar-refractivity contribution in [2.24, 2.45) is 23.7 Å². The van der Waals surface area contributed by atoms with Crippen molar-refractivity contribution in [3.63, 3.8) is 0 Å². The minimum Gasteiger partial charge on any atom is -0.457 e. The molecule has 14 heteroatoms. The molecule has 0 aromatic heterocycles. The van der Waals surface area contributed by atoms with Gasteiger partial charge in [0.2, 0.25) is 0 Å². The van der Waals surface area contributed by atoms with E-state index in [2.05, 4.69) is 123 Å². The molecule has 0 bridgehead atoms. The summed E-state index contributed by atoms with van der Waals surface area (Å²) in [5.74, 6) is 1.88. The summed E-state index contributed by atoms with van der Waals surface area (Å²) < 4.78 is 38.2. The van der Waals surface area contributed by atoms with Crippen LogP contribution >= 0.6 is 0 Å². The normalized spacial score (nSPS) is 16.0. The Bertz CT molecular complexity index is 3650. The molecule has 3 fully saturated rings. The maximum atomic E-state index is 12.4. The van der Waals surface area contributed by atoms with Gasteiger partial charge in [0.15, 0.2) is 6.61 Å². The van der Waals surface area contributed by atoms with Gasteiger partial charge in [0.25, 0.3) is 0 Å². The Hall–Kier alpha value is -7.61. The molecule has 3 aliphatic carbocycles. The van der Waals surface area contributed by atoms with E-state index in [0.717, 1.165) is 64.2 Å². The van der Waals surface area contributed by atoms with Crippen molar-refractivity contribution in [2.75, 3.05) is 6.61 Å². The van der Waals surface area contributed by atoms with Crippen LogP contribution in [-0.2, 0) is 42.7 Å². The SMILES string of the molecule is CCC(C)C(=O)OCC(=O)OC1(C)CCCC1.CCC(C)c1ccc(C(=O)OC(C)(C)C(C)C)cc1.CCC(C)c1ccc(C(=O)OC(C)(C)C)cc1.CCC(C)c1ccc(C(=O)OC(C)(C)C2CCCC2)cc1.CCC(C)c1ccc(C(=O)OC(C)(C)C2CCCCC2)cc1.CCC(C)c1ccc(C(=O)OC(C)(C)CC)cc1. The minimum absolute atomic E-state index is 0.162. The molecule has 0 heterocycles. The Kier molecular flexibility index (Phi) is 42.5.